The van der Waals surface area contributed by atoms with Crippen molar-refractivity contribution in [1.82, 2.24) is 20.2 Å². The van der Waals surface area contributed by atoms with Crippen LogP contribution >= 0.6 is 11.3 Å². The molecular formula is C14H20N6O2S2. The van der Waals surface area contributed by atoms with Crippen LogP contribution in [-0.2, 0) is 10.0 Å². The van der Waals surface area contributed by atoms with E-state index in [-0.39, 0.29) is 8.49 Å². The Morgan fingerprint density at radius 2 is 2.12 bits per heavy atom. The van der Waals surface area contributed by atoms with Gasteiger partial charge in [0.05, 0.1) is 4.88 Å². The number of aromatic amines is 1. The molecule has 10 heteroatoms. The maximum absolute atomic E-state index is 11.4. The molecular weight excluding hydrogens is 348 g/mol. The minimum Gasteiger partial charge on any atom is -0.323 e. The average molecular weight is 368 g/mol. The highest BCUT2D eigenvalue weighted by atomic mass is 32.2. The van der Waals surface area contributed by atoms with E-state index in [1.165, 1.54) is 18.9 Å². The minimum absolute atomic E-state index is 0. The summed E-state index contributed by atoms with van der Waals surface area (Å²) in [6.07, 6.45) is 4.00. The third kappa shape index (κ3) is 3.16. The standard InChI is InChI=1S/C14H14N6O2S2.3H2/c15-24(21,22)13-4-3-10(23-13)14-16-6-5-11(18-14)17-12-7-9(19-20-12)8-1-2-8;;;/h3-8H,1-2H2,(H2,15,21,22)(H2,16,17,18,19,20);3*1H. The fourth-order valence-electron chi connectivity index (χ4n) is 2.28. The van der Waals surface area contributed by atoms with Crippen LogP contribution in [0, 0.1) is 0 Å². The molecule has 3 aromatic rings. The third-order valence-electron chi connectivity index (χ3n) is 3.61. The van der Waals surface area contributed by atoms with Crippen molar-refractivity contribution in [3.05, 3.63) is 36.2 Å². The second-order valence-corrected chi connectivity index (χ2v) is 8.41. The number of aromatic nitrogens is 4. The van der Waals surface area contributed by atoms with Crippen LogP contribution < -0.4 is 10.5 Å². The predicted octanol–water partition coefficient (Wildman–Crippen LogP) is 2.93. The van der Waals surface area contributed by atoms with Crippen LogP contribution in [0.3, 0.4) is 0 Å². The number of nitrogens with zero attached hydrogens (tertiary/aromatic N) is 3. The van der Waals surface area contributed by atoms with Crippen molar-refractivity contribution in [2.75, 3.05) is 5.32 Å². The molecule has 1 aliphatic rings. The molecule has 0 radical (unpaired) electrons. The van der Waals surface area contributed by atoms with Crippen molar-refractivity contribution < 1.29 is 12.7 Å². The normalized spacial score (nSPS) is 14.7. The summed E-state index contributed by atoms with van der Waals surface area (Å²) in [4.78, 5) is 9.22. The van der Waals surface area contributed by atoms with E-state index in [2.05, 4.69) is 25.5 Å². The number of rotatable bonds is 5. The molecule has 4 rings (SSSR count). The average Bonchev–Trinajstić information content (AvgIpc) is 3.08. The van der Waals surface area contributed by atoms with Gasteiger partial charge in [-0.05, 0) is 31.0 Å². The van der Waals surface area contributed by atoms with Crippen LogP contribution in [0.25, 0.3) is 10.7 Å². The molecule has 0 aromatic carbocycles. The molecule has 1 aliphatic carbocycles. The zero-order valence-corrected chi connectivity index (χ0v) is 14.1. The summed E-state index contributed by atoms with van der Waals surface area (Å²) in [6, 6.07) is 6.80. The van der Waals surface area contributed by atoms with E-state index in [0.29, 0.717) is 28.3 Å². The highest BCUT2D eigenvalue weighted by Gasteiger charge is 2.25. The Kier molecular flexibility index (Phi) is 3.59. The van der Waals surface area contributed by atoms with Crippen molar-refractivity contribution in [3.8, 4) is 10.7 Å². The van der Waals surface area contributed by atoms with Gasteiger partial charge in [0, 0.05) is 28.2 Å². The van der Waals surface area contributed by atoms with Crippen LogP contribution in [0.2, 0.25) is 0 Å². The smallest absolute Gasteiger partial charge is 0.247 e. The van der Waals surface area contributed by atoms with Gasteiger partial charge in [-0.1, -0.05) is 0 Å². The Bertz CT molecular complexity index is 1000. The van der Waals surface area contributed by atoms with Crippen LogP contribution in [0.1, 0.15) is 28.7 Å². The summed E-state index contributed by atoms with van der Waals surface area (Å²) in [5, 5.41) is 15.5. The highest BCUT2D eigenvalue weighted by molar-refractivity contribution is 7.91. The summed E-state index contributed by atoms with van der Waals surface area (Å²) >= 11 is 1.04. The van der Waals surface area contributed by atoms with Crippen LogP contribution in [-0.4, -0.2) is 28.6 Å². The lowest BCUT2D eigenvalue weighted by molar-refractivity contribution is 0.600. The van der Waals surface area contributed by atoms with E-state index in [0.717, 1.165) is 17.0 Å². The molecule has 3 aromatic heterocycles. The summed E-state index contributed by atoms with van der Waals surface area (Å²) in [5.74, 6) is 2.30. The number of nitrogens with two attached hydrogens (primary N) is 1. The zero-order chi connectivity index (χ0) is 16.7. The Labute approximate surface area is 146 Å². The van der Waals surface area contributed by atoms with Crippen molar-refractivity contribution >= 4 is 33.0 Å². The summed E-state index contributed by atoms with van der Waals surface area (Å²) in [6.45, 7) is 0. The molecule has 8 nitrogen and oxygen atoms in total. The number of thiophene rings is 1. The fraction of sp³-hybridized carbons (Fsp3) is 0.214. The molecule has 4 N–H and O–H groups in total. The third-order valence-corrected chi connectivity index (χ3v) is 6.13. The van der Waals surface area contributed by atoms with Gasteiger partial charge in [-0.15, -0.1) is 11.3 Å². The SMILES string of the molecule is NS(=O)(=O)c1ccc(-c2nccc(Nc3cc(C4CC4)[nH]n3)n2)s1.[HH].[HH].[HH]. The number of sulfonamides is 1. The molecule has 130 valence electrons. The lowest BCUT2D eigenvalue weighted by Gasteiger charge is -2.03. The Balaban J connectivity index is 0.00000121. The van der Waals surface area contributed by atoms with Crippen LogP contribution in [0.5, 0.6) is 0 Å². The zero-order valence-electron chi connectivity index (χ0n) is 12.4. The Hall–Kier alpha value is -2.30. The van der Waals surface area contributed by atoms with Crippen LogP contribution in [0.15, 0.2) is 34.7 Å². The molecule has 24 heavy (non-hydrogen) atoms. The monoisotopic (exact) mass is 368 g/mol. The molecule has 3 heterocycles. The number of hydrogen-bond acceptors (Lipinski definition) is 7. The maximum atomic E-state index is 11.4. The van der Waals surface area contributed by atoms with E-state index in [4.69, 9.17) is 5.14 Å². The number of anilines is 2. The lowest BCUT2D eigenvalue weighted by atomic mass is 10.3. The van der Waals surface area contributed by atoms with Gasteiger partial charge in [-0.2, -0.15) is 5.10 Å². The van der Waals surface area contributed by atoms with E-state index in [1.807, 2.05) is 6.07 Å². The molecule has 1 fully saturated rings. The molecule has 0 aliphatic heterocycles. The van der Waals surface area contributed by atoms with Gasteiger partial charge in [0.15, 0.2) is 11.6 Å². The van der Waals surface area contributed by atoms with Crippen molar-refractivity contribution in [2.24, 2.45) is 5.14 Å². The van der Waals surface area contributed by atoms with Gasteiger partial charge in [0.1, 0.15) is 10.0 Å². The van der Waals surface area contributed by atoms with E-state index >= 15 is 0 Å². The fourth-order valence-corrected chi connectivity index (χ4v) is 3.95. The first-order valence-electron chi connectivity index (χ1n) is 7.27. The number of H-pyrrole nitrogens is 1. The highest BCUT2D eigenvalue weighted by Crippen LogP contribution is 2.39. The molecule has 1 saturated carbocycles. The predicted molar refractivity (Wildman–Crippen MR) is 96.9 cm³/mol. The second kappa shape index (κ2) is 5.65. The minimum atomic E-state index is -3.71. The van der Waals surface area contributed by atoms with Crippen molar-refractivity contribution in [1.29, 1.82) is 0 Å². The van der Waals surface area contributed by atoms with E-state index in [1.54, 1.807) is 18.3 Å². The summed E-state index contributed by atoms with van der Waals surface area (Å²) < 4.78 is 22.8. The molecule has 0 saturated heterocycles. The molecule has 0 bridgehead atoms. The number of hydrogen-bond donors (Lipinski definition) is 3. The van der Waals surface area contributed by atoms with E-state index in [9.17, 15) is 8.42 Å². The largest absolute Gasteiger partial charge is 0.323 e. The van der Waals surface area contributed by atoms with Gasteiger partial charge in [-0.25, -0.2) is 23.5 Å². The molecule has 0 atom stereocenters. The first-order valence-corrected chi connectivity index (χ1v) is 9.64. The number of nitrogens with one attached hydrogen (secondary N) is 2. The lowest BCUT2D eigenvalue weighted by Crippen LogP contribution is -2.09. The van der Waals surface area contributed by atoms with Gasteiger partial charge in [0.25, 0.3) is 0 Å². The number of primary sulfonamides is 1. The molecule has 0 amide bonds. The van der Waals surface area contributed by atoms with E-state index < -0.39 is 10.0 Å². The van der Waals surface area contributed by atoms with Crippen molar-refractivity contribution in [2.45, 2.75) is 23.0 Å². The van der Waals surface area contributed by atoms with Crippen LogP contribution in [0.4, 0.5) is 11.6 Å². The molecule has 0 unspecified atom stereocenters. The Morgan fingerprint density at radius 3 is 2.83 bits per heavy atom. The van der Waals surface area contributed by atoms with Gasteiger partial charge >= 0.3 is 0 Å². The maximum Gasteiger partial charge on any atom is 0.247 e. The first kappa shape index (κ1) is 15.2. The second-order valence-electron chi connectivity index (χ2n) is 5.54. The van der Waals surface area contributed by atoms with Crippen molar-refractivity contribution in [3.63, 3.8) is 0 Å². The Morgan fingerprint density at radius 1 is 1.29 bits per heavy atom. The van der Waals surface area contributed by atoms with Gasteiger partial charge in [-0.3, -0.25) is 5.10 Å². The topological polar surface area (TPSA) is 127 Å². The summed E-state index contributed by atoms with van der Waals surface area (Å²) in [5.41, 5.74) is 1.13. The first-order chi connectivity index (χ1) is 11.5. The quantitative estimate of drug-likeness (QED) is 0.635. The van der Waals surface area contributed by atoms with Gasteiger partial charge in [0.2, 0.25) is 10.0 Å². The summed E-state index contributed by atoms with van der Waals surface area (Å²) in [7, 11) is -3.71. The molecule has 0 spiro atoms. The van der Waals surface area contributed by atoms with Gasteiger partial charge < -0.3 is 5.32 Å².